The summed E-state index contributed by atoms with van der Waals surface area (Å²) in [5.41, 5.74) is 7.44. The highest BCUT2D eigenvalue weighted by atomic mass is 32.1. The van der Waals surface area contributed by atoms with E-state index < -0.39 is 0 Å². The van der Waals surface area contributed by atoms with Crippen LogP contribution in [0.4, 0.5) is 11.8 Å². The minimum absolute atomic E-state index is 0.130. The predicted octanol–water partition coefficient (Wildman–Crippen LogP) is 3.40. The Hall–Kier alpha value is -1.40. The average molecular weight is 334 g/mol. The molecule has 0 aromatic carbocycles. The Morgan fingerprint density at radius 2 is 2.04 bits per heavy atom. The number of hydrogen-bond acceptors (Lipinski definition) is 6. The van der Waals surface area contributed by atoms with E-state index in [1.807, 2.05) is 0 Å². The number of thiophene rings is 1. The molecule has 2 atom stereocenters. The van der Waals surface area contributed by atoms with Gasteiger partial charge in [0.2, 0.25) is 5.95 Å². The fraction of sp³-hybridized carbons (Fsp3) is 0.647. The average Bonchev–Trinajstić information content (AvgIpc) is 2.92. The first-order valence-corrected chi connectivity index (χ1v) is 9.21. The standard InChI is InChI=1S/C17H26N4OS/c1-5-12(10(2)22-4)21(3)15-14-11-8-6-7-9-13(11)23-16(14)20-17(18)19-15/h10,12H,5-9H2,1-4H3,(H2,18,19,20)/t10-,12?/m0/s1. The van der Waals surface area contributed by atoms with E-state index >= 15 is 0 Å². The van der Waals surface area contributed by atoms with Crippen molar-refractivity contribution in [3.05, 3.63) is 10.4 Å². The Labute approximate surface area is 141 Å². The fourth-order valence-corrected chi connectivity index (χ4v) is 4.91. The van der Waals surface area contributed by atoms with Gasteiger partial charge in [0.1, 0.15) is 10.6 Å². The first kappa shape index (κ1) is 16.5. The van der Waals surface area contributed by atoms with Crippen LogP contribution in [0.2, 0.25) is 0 Å². The quantitative estimate of drug-likeness (QED) is 0.908. The van der Waals surface area contributed by atoms with Gasteiger partial charge in [0, 0.05) is 19.0 Å². The van der Waals surface area contributed by atoms with Gasteiger partial charge in [-0.3, -0.25) is 0 Å². The maximum Gasteiger partial charge on any atom is 0.223 e. The third kappa shape index (κ3) is 2.90. The molecule has 0 fully saturated rings. The van der Waals surface area contributed by atoms with Gasteiger partial charge in [-0.15, -0.1) is 11.3 Å². The Morgan fingerprint density at radius 3 is 2.74 bits per heavy atom. The number of nitrogens with two attached hydrogens (primary N) is 1. The van der Waals surface area contributed by atoms with E-state index in [1.54, 1.807) is 18.4 Å². The summed E-state index contributed by atoms with van der Waals surface area (Å²) in [6.45, 7) is 4.29. The lowest BCUT2D eigenvalue weighted by atomic mass is 9.96. The molecule has 2 aromatic rings. The molecular formula is C17H26N4OS. The third-order valence-electron chi connectivity index (χ3n) is 4.98. The molecule has 0 saturated heterocycles. The van der Waals surface area contributed by atoms with E-state index in [9.17, 15) is 0 Å². The second kappa shape index (κ2) is 6.61. The number of hydrogen-bond donors (Lipinski definition) is 1. The van der Waals surface area contributed by atoms with Crippen molar-refractivity contribution in [2.75, 3.05) is 24.8 Å². The molecule has 23 heavy (non-hydrogen) atoms. The van der Waals surface area contributed by atoms with Gasteiger partial charge in [-0.2, -0.15) is 4.98 Å². The topological polar surface area (TPSA) is 64.3 Å². The smallest absolute Gasteiger partial charge is 0.223 e. The van der Waals surface area contributed by atoms with Crippen LogP contribution >= 0.6 is 11.3 Å². The predicted molar refractivity (Wildman–Crippen MR) is 97.4 cm³/mol. The molecule has 5 nitrogen and oxygen atoms in total. The van der Waals surface area contributed by atoms with E-state index in [-0.39, 0.29) is 12.1 Å². The Balaban J connectivity index is 2.14. The van der Waals surface area contributed by atoms with Gasteiger partial charge < -0.3 is 15.4 Å². The molecule has 0 amide bonds. The lowest BCUT2D eigenvalue weighted by Crippen LogP contribution is -2.41. The van der Waals surface area contributed by atoms with Crippen LogP contribution in [0.3, 0.4) is 0 Å². The zero-order valence-corrected chi connectivity index (χ0v) is 15.2. The lowest BCUT2D eigenvalue weighted by molar-refractivity contribution is 0.0926. The first-order valence-electron chi connectivity index (χ1n) is 8.40. The first-order chi connectivity index (χ1) is 11.1. The molecule has 2 heterocycles. The third-order valence-corrected chi connectivity index (χ3v) is 6.16. The molecule has 2 N–H and O–H groups in total. The van der Waals surface area contributed by atoms with Crippen molar-refractivity contribution in [2.45, 2.75) is 58.1 Å². The van der Waals surface area contributed by atoms with Crippen LogP contribution in [0.5, 0.6) is 0 Å². The van der Waals surface area contributed by atoms with Gasteiger partial charge >= 0.3 is 0 Å². The number of fused-ring (bicyclic) bond motifs is 3. The van der Waals surface area contributed by atoms with Crippen molar-refractivity contribution in [3.63, 3.8) is 0 Å². The highest BCUT2D eigenvalue weighted by Crippen LogP contribution is 2.40. The summed E-state index contributed by atoms with van der Waals surface area (Å²) in [5, 5.41) is 1.21. The van der Waals surface area contributed by atoms with Crippen molar-refractivity contribution >= 4 is 33.3 Å². The van der Waals surface area contributed by atoms with Crippen molar-refractivity contribution in [1.82, 2.24) is 9.97 Å². The Kier molecular flexibility index (Phi) is 4.73. The van der Waals surface area contributed by atoms with Crippen molar-refractivity contribution in [3.8, 4) is 0 Å². The summed E-state index contributed by atoms with van der Waals surface area (Å²) < 4.78 is 5.57. The maximum absolute atomic E-state index is 6.00. The van der Waals surface area contributed by atoms with Crippen LogP contribution in [-0.2, 0) is 17.6 Å². The zero-order chi connectivity index (χ0) is 16.6. The molecule has 0 radical (unpaired) electrons. The van der Waals surface area contributed by atoms with Gasteiger partial charge in [0.25, 0.3) is 0 Å². The van der Waals surface area contributed by atoms with Gasteiger partial charge in [-0.05, 0) is 44.6 Å². The lowest BCUT2D eigenvalue weighted by Gasteiger charge is -2.33. The van der Waals surface area contributed by atoms with Crippen LogP contribution in [0, 0.1) is 0 Å². The molecule has 0 spiro atoms. The minimum Gasteiger partial charge on any atom is -0.380 e. The molecule has 0 bridgehead atoms. The fourth-order valence-electron chi connectivity index (χ4n) is 3.64. The molecule has 126 valence electrons. The van der Waals surface area contributed by atoms with E-state index in [4.69, 9.17) is 10.5 Å². The number of ether oxygens (including phenoxy) is 1. The highest BCUT2D eigenvalue weighted by Gasteiger charge is 2.27. The molecule has 2 aromatic heterocycles. The molecule has 0 aliphatic heterocycles. The van der Waals surface area contributed by atoms with E-state index in [1.165, 1.54) is 28.7 Å². The number of nitrogens with zero attached hydrogens (tertiary/aromatic N) is 3. The maximum atomic E-state index is 6.00. The molecule has 1 aliphatic rings. The SMILES string of the molecule is CCC([C@H](C)OC)N(C)c1nc(N)nc2sc3c(c12)CCCC3. The number of rotatable bonds is 5. The van der Waals surface area contributed by atoms with Crippen molar-refractivity contribution in [1.29, 1.82) is 0 Å². The number of methoxy groups -OCH3 is 1. The number of aryl methyl sites for hydroxylation is 2. The van der Waals surface area contributed by atoms with Crippen molar-refractivity contribution < 1.29 is 4.74 Å². The van der Waals surface area contributed by atoms with Crippen LogP contribution in [0.1, 0.15) is 43.6 Å². The largest absolute Gasteiger partial charge is 0.380 e. The number of nitrogen functional groups attached to an aromatic ring is 1. The molecule has 6 heteroatoms. The molecule has 1 aliphatic carbocycles. The van der Waals surface area contributed by atoms with Gasteiger partial charge in [-0.25, -0.2) is 4.98 Å². The second-order valence-corrected chi connectivity index (χ2v) is 7.41. The summed E-state index contributed by atoms with van der Waals surface area (Å²) in [6, 6.07) is 0.261. The molecule has 3 rings (SSSR count). The van der Waals surface area contributed by atoms with Gasteiger partial charge in [0.05, 0.1) is 17.5 Å². The summed E-state index contributed by atoms with van der Waals surface area (Å²) >= 11 is 1.79. The second-order valence-electron chi connectivity index (χ2n) is 6.32. The Bertz CT molecular complexity index is 699. The van der Waals surface area contributed by atoms with Gasteiger partial charge in [-0.1, -0.05) is 6.92 Å². The molecular weight excluding hydrogens is 308 g/mol. The summed E-state index contributed by atoms with van der Waals surface area (Å²) in [7, 11) is 3.86. The minimum atomic E-state index is 0.130. The van der Waals surface area contributed by atoms with Crippen LogP contribution in [-0.4, -0.2) is 36.3 Å². The normalized spacial score (nSPS) is 17.0. The summed E-state index contributed by atoms with van der Waals surface area (Å²) in [4.78, 5) is 13.8. The number of likely N-dealkylation sites (N-methyl/N-ethyl adjacent to an activating group) is 1. The zero-order valence-electron chi connectivity index (χ0n) is 14.4. The Morgan fingerprint density at radius 1 is 1.30 bits per heavy atom. The summed E-state index contributed by atoms with van der Waals surface area (Å²) in [5.74, 6) is 1.32. The van der Waals surface area contributed by atoms with Crippen LogP contribution in [0.25, 0.3) is 10.2 Å². The monoisotopic (exact) mass is 334 g/mol. The number of anilines is 2. The number of aromatic nitrogens is 2. The van der Waals surface area contributed by atoms with E-state index in [0.717, 1.165) is 29.9 Å². The summed E-state index contributed by atoms with van der Waals surface area (Å²) in [6.07, 6.45) is 5.92. The van der Waals surface area contributed by atoms with E-state index in [0.29, 0.717) is 5.95 Å². The molecule has 1 unspecified atom stereocenters. The van der Waals surface area contributed by atoms with Crippen molar-refractivity contribution in [2.24, 2.45) is 0 Å². The molecule has 0 saturated carbocycles. The van der Waals surface area contributed by atoms with E-state index in [2.05, 4.69) is 35.8 Å². The van der Waals surface area contributed by atoms with Gasteiger partial charge in [0.15, 0.2) is 0 Å². The highest BCUT2D eigenvalue weighted by molar-refractivity contribution is 7.19. The van der Waals surface area contributed by atoms with Crippen LogP contribution in [0.15, 0.2) is 0 Å². The van der Waals surface area contributed by atoms with Crippen LogP contribution < -0.4 is 10.6 Å².